The smallest absolute Gasteiger partial charge is 0.231 e. The lowest BCUT2D eigenvalue weighted by Gasteiger charge is -1.93. The zero-order chi connectivity index (χ0) is 10.7. The lowest BCUT2D eigenvalue weighted by Crippen LogP contribution is -1.98. The molecule has 1 heterocycles. The van der Waals surface area contributed by atoms with E-state index in [1.165, 1.54) is 6.07 Å². The largest absolute Gasteiger partial charge is 0.352 e. The van der Waals surface area contributed by atoms with Gasteiger partial charge in [-0.15, -0.1) is 0 Å². The summed E-state index contributed by atoms with van der Waals surface area (Å²) in [5.74, 6) is -0.209. The number of aromatic nitrogens is 1. The van der Waals surface area contributed by atoms with Gasteiger partial charge in [-0.25, -0.2) is 0 Å². The van der Waals surface area contributed by atoms with Crippen LogP contribution in [0.4, 0.5) is 0 Å². The molecular formula is C11H7NO3. The maximum absolute atomic E-state index is 11.7. The molecule has 0 saturated carbocycles. The van der Waals surface area contributed by atoms with Crippen molar-refractivity contribution in [2.24, 2.45) is 0 Å². The van der Waals surface area contributed by atoms with Crippen LogP contribution in [0, 0.1) is 0 Å². The molecule has 0 atom stereocenters. The summed E-state index contributed by atoms with van der Waals surface area (Å²) in [7, 11) is 0. The fraction of sp³-hybridized carbons (Fsp3) is 0. The van der Waals surface area contributed by atoms with Crippen LogP contribution in [0.5, 0.6) is 0 Å². The van der Waals surface area contributed by atoms with Crippen LogP contribution >= 0.6 is 0 Å². The summed E-state index contributed by atoms with van der Waals surface area (Å²) in [5, 5.41) is 3.42. The third kappa shape index (κ3) is 1.83. The zero-order valence-corrected chi connectivity index (χ0v) is 7.71. The van der Waals surface area contributed by atoms with Gasteiger partial charge in [0, 0.05) is 11.6 Å². The molecule has 0 aliphatic carbocycles. The van der Waals surface area contributed by atoms with Gasteiger partial charge in [0.05, 0.1) is 0 Å². The molecule has 0 spiro atoms. The second kappa shape index (κ2) is 3.88. The van der Waals surface area contributed by atoms with Crippen LogP contribution in [0.2, 0.25) is 0 Å². The predicted octanol–water partition coefficient (Wildman–Crippen LogP) is 1.72. The van der Waals surface area contributed by atoms with Gasteiger partial charge in [0.15, 0.2) is 6.29 Å². The van der Waals surface area contributed by atoms with Crippen LogP contribution in [0.25, 0.3) is 0 Å². The highest BCUT2D eigenvalue weighted by molar-refractivity contribution is 6.07. The summed E-state index contributed by atoms with van der Waals surface area (Å²) in [6, 6.07) is 9.99. The minimum Gasteiger partial charge on any atom is -0.352 e. The third-order valence-electron chi connectivity index (χ3n) is 1.91. The first-order valence-electron chi connectivity index (χ1n) is 4.33. The molecule has 0 fully saturated rings. The Balaban J connectivity index is 2.32. The normalized spacial score (nSPS) is 9.87. The van der Waals surface area contributed by atoms with E-state index in [-0.39, 0.29) is 17.2 Å². The van der Waals surface area contributed by atoms with Crippen LogP contribution in [0.15, 0.2) is 40.9 Å². The molecule has 2 rings (SSSR count). The molecule has 15 heavy (non-hydrogen) atoms. The summed E-state index contributed by atoms with van der Waals surface area (Å²) in [5.41, 5.74) is 0.625. The Morgan fingerprint density at radius 3 is 2.60 bits per heavy atom. The van der Waals surface area contributed by atoms with Crippen molar-refractivity contribution in [2.75, 3.05) is 0 Å². The Bertz CT molecular complexity index is 488. The first-order chi connectivity index (χ1) is 7.31. The summed E-state index contributed by atoms with van der Waals surface area (Å²) in [6.45, 7) is 0. The molecule has 0 aliphatic rings. The quantitative estimate of drug-likeness (QED) is 0.560. The molecule has 0 amide bonds. The monoisotopic (exact) mass is 201 g/mol. The molecule has 0 aliphatic heterocycles. The summed E-state index contributed by atoms with van der Waals surface area (Å²) >= 11 is 0. The molecule has 4 nitrogen and oxygen atoms in total. The van der Waals surface area contributed by atoms with E-state index >= 15 is 0 Å². The maximum Gasteiger partial charge on any atom is 0.231 e. The highest BCUT2D eigenvalue weighted by Crippen LogP contribution is 2.09. The van der Waals surface area contributed by atoms with Crippen molar-refractivity contribution in [1.82, 2.24) is 5.16 Å². The minimum absolute atomic E-state index is 0.0725. The van der Waals surface area contributed by atoms with Gasteiger partial charge in [0.1, 0.15) is 5.69 Å². The van der Waals surface area contributed by atoms with E-state index in [1.54, 1.807) is 24.3 Å². The first kappa shape index (κ1) is 9.33. The molecule has 1 aromatic carbocycles. The standard InChI is InChI=1S/C11H7NO3/c13-7-9-6-10(15-12-9)11(14)8-4-2-1-3-5-8/h1-7H. The van der Waals surface area contributed by atoms with E-state index in [2.05, 4.69) is 5.16 Å². The van der Waals surface area contributed by atoms with Crippen LogP contribution in [0.1, 0.15) is 26.6 Å². The molecule has 0 unspecified atom stereocenters. The number of carbonyl (C=O) groups is 2. The Kier molecular flexibility index (Phi) is 2.41. The van der Waals surface area contributed by atoms with E-state index in [1.807, 2.05) is 6.07 Å². The molecule has 0 saturated heterocycles. The zero-order valence-electron chi connectivity index (χ0n) is 7.71. The van der Waals surface area contributed by atoms with Crippen LogP contribution in [-0.2, 0) is 0 Å². The number of ketones is 1. The van der Waals surface area contributed by atoms with Crippen LogP contribution in [-0.4, -0.2) is 17.2 Å². The number of nitrogens with zero attached hydrogens (tertiary/aromatic N) is 1. The van der Waals surface area contributed by atoms with Gasteiger partial charge in [-0.2, -0.15) is 0 Å². The van der Waals surface area contributed by atoms with Crippen molar-refractivity contribution in [3.63, 3.8) is 0 Å². The number of benzene rings is 1. The third-order valence-corrected chi connectivity index (χ3v) is 1.91. The van der Waals surface area contributed by atoms with Crippen molar-refractivity contribution >= 4 is 12.1 Å². The molecule has 2 aromatic rings. The number of hydrogen-bond acceptors (Lipinski definition) is 4. The Labute approximate surface area is 85.5 Å². The average molecular weight is 201 g/mol. The van der Waals surface area contributed by atoms with Crippen molar-refractivity contribution in [3.8, 4) is 0 Å². The second-order valence-electron chi connectivity index (χ2n) is 2.93. The van der Waals surface area contributed by atoms with E-state index in [9.17, 15) is 9.59 Å². The van der Waals surface area contributed by atoms with E-state index in [4.69, 9.17) is 4.52 Å². The first-order valence-corrected chi connectivity index (χ1v) is 4.33. The Hall–Kier alpha value is -2.23. The van der Waals surface area contributed by atoms with Crippen molar-refractivity contribution in [1.29, 1.82) is 0 Å². The van der Waals surface area contributed by atoms with Gasteiger partial charge < -0.3 is 4.52 Å². The second-order valence-corrected chi connectivity index (χ2v) is 2.93. The lowest BCUT2D eigenvalue weighted by atomic mass is 10.1. The minimum atomic E-state index is -0.281. The van der Waals surface area contributed by atoms with E-state index < -0.39 is 0 Å². The van der Waals surface area contributed by atoms with Gasteiger partial charge >= 0.3 is 0 Å². The fourth-order valence-corrected chi connectivity index (χ4v) is 1.18. The molecule has 0 radical (unpaired) electrons. The highest BCUT2D eigenvalue weighted by Gasteiger charge is 2.14. The van der Waals surface area contributed by atoms with Gasteiger partial charge in [-0.05, 0) is 0 Å². The predicted molar refractivity (Wildman–Crippen MR) is 51.8 cm³/mol. The summed E-state index contributed by atoms with van der Waals surface area (Å²) < 4.78 is 4.74. The van der Waals surface area contributed by atoms with Crippen molar-refractivity contribution < 1.29 is 14.1 Å². The Morgan fingerprint density at radius 1 is 1.27 bits per heavy atom. The van der Waals surface area contributed by atoms with Gasteiger partial charge in [0.25, 0.3) is 0 Å². The summed E-state index contributed by atoms with van der Waals surface area (Å²) in [6.07, 6.45) is 0.533. The lowest BCUT2D eigenvalue weighted by molar-refractivity contribution is 0.0998. The van der Waals surface area contributed by atoms with Gasteiger partial charge in [0.2, 0.25) is 11.5 Å². The molecular weight excluding hydrogens is 194 g/mol. The average Bonchev–Trinajstić information content (AvgIpc) is 2.78. The van der Waals surface area contributed by atoms with E-state index in [0.29, 0.717) is 11.8 Å². The van der Waals surface area contributed by atoms with Crippen LogP contribution in [0.3, 0.4) is 0 Å². The number of hydrogen-bond donors (Lipinski definition) is 0. The molecule has 1 aromatic heterocycles. The number of carbonyl (C=O) groups excluding carboxylic acids is 2. The van der Waals surface area contributed by atoms with Crippen molar-refractivity contribution in [3.05, 3.63) is 53.4 Å². The Morgan fingerprint density at radius 2 is 2.00 bits per heavy atom. The molecule has 0 bridgehead atoms. The fourth-order valence-electron chi connectivity index (χ4n) is 1.18. The van der Waals surface area contributed by atoms with E-state index in [0.717, 1.165) is 0 Å². The SMILES string of the molecule is O=Cc1cc(C(=O)c2ccccc2)on1. The number of aldehydes is 1. The van der Waals surface area contributed by atoms with Crippen LogP contribution < -0.4 is 0 Å². The topological polar surface area (TPSA) is 60.2 Å². The number of rotatable bonds is 3. The molecule has 74 valence electrons. The molecule has 0 N–H and O–H groups in total. The van der Waals surface area contributed by atoms with Gasteiger partial charge in [-0.3, -0.25) is 9.59 Å². The maximum atomic E-state index is 11.7. The molecule has 4 heteroatoms. The van der Waals surface area contributed by atoms with Crippen molar-refractivity contribution in [2.45, 2.75) is 0 Å². The highest BCUT2D eigenvalue weighted by atomic mass is 16.5. The van der Waals surface area contributed by atoms with Gasteiger partial charge in [-0.1, -0.05) is 35.5 Å². The summed E-state index contributed by atoms with van der Waals surface area (Å²) in [4.78, 5) is 22.1.